The summed E-state index contributed by atoms with van der Waals surface area (Å²) in [6.45, 7) is 9.53. The average molecular weight is 403 g/mol. The number of likely N-dealkylation sites (N-methyl/N-ethyl adjacent to an activating group) is 1. The normalized spacial score (nSPS) is 12.9. The van der Waals surface area contributed by atoms with Crippen molar-refractivity contribution in [2.45, 2.75) is 43.9 Å². The number of amides is 1. The molecule has 0 aliphatic carbocycles. The third-order valence-electron chi connectivity index (χ3n) is 4.95. The van der Waals surface area contributed by atoms with E-state index in [0.29, 0.717) is 6.54 Å². The summed E-state index contributed by atoms with van der Waals surface area (Å²) in [5, 5.41) is 2.36. The molecule has 0 aromatic heterocycles. The Balaban J connectivity index is 2.27. The Kier molecular flexibility index (Phi) is 7.78. The van der Waals surface area contributed by atoms with Crippen LogP contribution in [0.15, 0.2) is 59.5 Å². The van der Waals surface area contributed by atoms with Gasteiger partial charge in [-0.25, -0.2) is 8.42 Å². The van der Waals surface area contributed by atoms with Gasteiger partial charge in [0.15, 0.2) is 9.84 Å². The van der Waals surface area contributed by atoms with Crippen LogP contribution in [0.5, 0.6) is 0 Å². The smallest absolute Gasteiger partial charge is 0.252 e. The summed E-state index contributed by atoms with van der Waals surface area (Å²) in [5.41, 5.74) is 1.32. The van der Waals surface area contributed by atoms with Crippen LogP contribution < -0.4 is 5.32 Å². The van der Waals surface area contributed by atoms with Gasteiger partial charge in [-0.3, -0.25) is 9.69 Å². The summed E-state index contributed by atoms with van der Waals surface area (Å²) in [7, 11) is -3.54. The number of nitrogens with zero attached hydrogens (tertiary/aromatic N) is 1. The van der Waals surface area contributed by atoms with E-state index in [-0.39, 0.29) is 22.4 Å². The number of sulfone groups is 1. The predicted octanol–water partition coefficient (Wildman–Crippen LogP) is 3.68. The van der Waals surface area contributed by atoms with Crippen molar-refractivity contribution in [1.29, 1.82) is 0 Å². The number of carbonyl (C=O) groups is 1. The van der Waals surface area contributed by atoms with Crippen molar-refractivity contribution in [2.24, 2.45) is 0 Å². The van der Waals surface area contributed by atoms with E-state index in [2.05, 4.69) is 24.1 Å². The molecule has 1 amide bonds. The van der Waals surface area contributed by atoms with Crippen LogP contribution in [0.2, 0.25) is 0 Å². The monoisotopic (exact) mass is 402 g/mol. The van der Waals surface area contributed by atoms with Crippen molar-refractivity contribution < 1.29 is 13.2 Å². The number of benzene rings is 2. The first-order valence-corrected chi connectivity index (χ1v) is 11.3. The van der Waals surface area contributed by atoms with Gasteiger partial charge in [-0.15, -0.1) is 0 Å². The van der Waals surface area contributed by atoms with E-state index in [0.717, 1.165) is 18.7 Å². The minimum absolute atomic E-state index is 0.0222. The highest BCUT2D eigenvalue weighted by molar-refractivity contribution is 7.92. The first-order chi connectivity index (χ1) is 13.3. The molecular weight excluding hydrogens is 372 g/mol. The zero-order valence-electron chi connectivity index (χ0n) is 17.1. The van der Waals surface area contributed by atoms with Crippen molar-refractivity contribution >= 4 is 15.7 Å². The summed E-state index contributed by atoms with van der Waals surface area (Å²) in [6, 6.07) is 16.5. The van der Waals surface area contributed by atoms with Crippen LogP contribution in [-0.4, -0.2) is 44.1 Å². The molecule has 1 unspecified atom stereocenters. The molecule has 0 radical (unpaired) electrons. The first kappa shape index (κ1) is 22.1. The lowest BCUT2D eigenvalue weighted by atomic mass is 10.0. The number of rotatable bonds is 9. The fourth-order valence-corrected chi connectivity index (χ4v) is 4.48. The third-order valence-corrected chi connectivity index (χ3v) is 7.16. The highest BCUT2D eigenvalue weighted by Crippen LogP contribution is 2.22. The van der Waals surface area contributed by atoms with Crippen LogP contribution in [0.4, 0.5) is 0 Å². The highest BCUT2D eigenvalue weighted by Gasteiger charge is 2.26. The van der Waals surface area contributed by atoms with Gasteiger partial charge in [0.05, 0.1) is 21.8 Å². The molecule has 0 heterocycles. The molecule has 2 rings (SSSR count). The van der Waals surface area contributed by atoms with E-state index >= 15 is 0 Å². The van der Waals surface area contributed by atoms with Gasteiger partial charge < -0.3 is 5.32 Å². The van der Waals surface area contributed by atoms with Crippen LogP contribution in [-0.2, 0) is 9.84 Å². The predicted molar refractivity (Wildman–Crippen MR) is 113 cm³/mol. The zero-order chi connectivity index (χ0) is 20.7. The summed E-state index contributed by atoms with van der Waals surface area (Å²) < 4.78 is 25.3. The topological polar surface area (TPSA) is 66.5 Å². The Bertz CT molecular complexity index is 876. The molecule has 1 N–H and O–H groups in total. The molecule has 0 saturated heterocycles. The molecule has 0 aliphatic heterocycles. The van der Waals surface area contributed by atoms with Crippen molar-refractivity contribution in [2.75, 3.05) is 19.6 Å². The van der Waals surface area contributed by atoms with E-state index in [1.54, 1.807) is 32.0 Å². The fourth-order valence-electron chi connectivity index (χ4n) is 3.24. The van der Waals surface area contributed by atoms with Crippen LogP contribution in [0, 0.1) is 0 Å². The number of hydrogen-bond acceptors (Lipinski definition) is 4. The Morgan fingerprint density at radius 1 is 0.964 bits per heavy atom. The molecule has 2 aromatic rings. The Morgan fingerprint density at radius 2 is 1.54 bits per heavy atom. The van der Waals surface area contributed by atoms with Gasteiger partial charge >= 0.3 is 0 Å². The quantitative estimate of drug-likeness (QED) is 0.695. The van der Waals surface area contributed by atoms with E-state index in [1.165, 1.54) is 6.07 Å². The minimum Gasteiger partial charge on any atom is -0.350 e. The SMILES string of the molecule is CCN(CC)C(CNC(=O)c1ccccc1S(=O)(=O)C(C)C)c1ccccc1. The molecule has 0 saturated carbocycles. The van der Waals surface area contributed by atoms with Crippen molar-refractivity contribution in [3.05, 3.63) is 65.7 Å². The second kappa shape index (κ2) is 9.85. The molecule has 0 spiro atoms. The van der Waals surface area contributed by atoms with E-state index in [1.807, 2.05) is 30.3 Å². The summed E-state index contributed by atoms with van der Waals surface area (Å²) in [4.78, 5) is 15.2. The van der Waals surface area contributed by atoms with Crippen LogP contribution in [0.1, 0.15) is 49.7 Å². The lowest BCUT2D eigenvalue weighted by molar-refractivity contribution is 0.0931. The third kappa shape index (κ3) is 5.00. The number of hydrogen-bond donors (Lipinski definition) is 1. The second-order valence-electron chi connectivity index (χ2n) is 6.95. The van der Waals surface area contributed by atoms with Crippen molar-refractivity contribution in [3.63, 3.8) is 0 Å². The molecular formula is C22H30N2O3S. The Hall–Kier alpha value is -2.18. The fraction of sp³-hybridized carbons (Fsp3) is 0.409. The van der Waals surface area contributed by atoms with E-state index < -0.39 is 15.1 Å². The van der Waals surface area contributed by atoms with Crippen LogP contribution in [0.25, 0.3) is 0 Å². The molecule has 0 bridgehead atoms. The van der Waals surface area contributed by atoms with Crippen LogP contribution >= 0.6 is 0 Å². The first-order valence-electron chi connectivity index (χ1n) is 9.73. The standard InChI is InChI=1S/C22H30N2O3S/c1-5-24(6-2)20(18-12-8-7-9-13-18)16-23-22(25)19-14-10-11-15-21(19)28(26,27)17(3)4/h7-15,17,20H,5-6,16H2,1-4H3,(H,23,25). The van der Waals surface area contributed by atoms with Gasteiger partial charge in [-0.2, -0.15) is 0 Å². The van der Waals surface area contributed by atoms with Gasteiger partial charge in [0.1, 0.15) is 0 Å². The zero-order valence-corrected chi connectivity index (χ0v) is 17.9. The van der Waals surface area contributed by atoms with Gasteiger partial charge in [0, 0.05) is 6.54 Å². The van der Waals surface area contributed by atoms with Gasteiger partial charge in [-0.1, -0.05) is 56.3 Å². The Labute approximate surface area is 168 Å². The van der Waals surface area contributed by atoms with Gasteiger partial charge in [-0.05, 0) is 44.6 Å². The Morgan fingerprint density at radius 3 is 2.11 bits per heavy atom. The molecule has 0 fully saturated rings. The maximum atomic E-state index is 12.9. The maximum absolute atomic E-state index is 12.9. The largest absolute Gasteiger partial charge is 0.350 e. The lowest BCUT2D eigenvalue weighted by Crippen LogP contribution is -2.38. The molecule has 5 nitrogen and oxygen atoms in total. The summed E-state index contributed by atoms with van der Waals surface area (Å²) in [5.74, 6) is -0.368. The minimum atomic E-state index is -3.54. The molecule has 6 heteroatoms. The van der Waals surface area contributed by atoms with Crippen molar-refractivity contribution in [3.8, 4) is 0 Å². The average Bonchev–Trinajstić information content (AvgIpc) is 2.71. The molecule has 152 valence electrons. The number of carbonyl (C=O) groups excluding carboxylic acids is 1. The molecule has 28 heavy (non-hydrogen) atoms. The van der Waals surface area contributed by atoms with Crippen molar-refractivity contribution in [1.82, 2.24) is 10.2 Å². The van der Waals surface area contributed by atoms with E-state index in [4.69, 9.17) is 0 Å². The van der Waals surface area contributed by atoms with E-state index in [9.17, 15) is 13.2 Å². The van der Waals surface area contributed by atoms with Crippen LogP contribution in [0.3, 0.4) is 0 Å². The lowest BCUT2D eigenvalue weighted by Gasteiger charge is -2.30. The maximum Gasteiger partial charge on any atom is 0.252 e. The molecule has 2 aromatic carbocycles. The summed E-state index contributed by atoms with van der Waals surface area (Å²) >= 11 is 0. The molecule has 1 atom stereocenters. The summed E-state index contributed by atoms with van der Waals surface area (Å²) in [6.07, 6.45) is 0. The second-order valence-corrected chi connectivity index (χ2v) is 9.42. The van der Waals surface area contributed by atoms with Gasteiger partial charge in [0.2, 0.25) is 0 Å². The molecule has 0 aliphatic rings. The van der Waals surface area contributed by atoms with Gasteiger partial charge in [0.25, 0.3) is 5.91 Å². The number of nitrogens with one attached hydrogen (secondary N) is 1. The highest BCUT2D eigenvalue weighted by atomic mass is 32.2.